The maximum absolute atomic E-state index is 11.9. The molecule has 18 heavy (non-hydrogen) atoms. The van der Waals surface area contributed by atoms with Gasteiger partial charge in [-0.15, -0.1) is 0 Å². The summed E-state index contributed by atoms with van der Waals surface area (Å²) in [4.78, 5) is 11.9. The third-order valence-corrected chi connectivity index (χ3v) is 3.41. The number of carbonyl (C=O) groups excluding carboxylic acids is 1. The summed E-state index contributed by atoms with van der Waals surface area (Å²) in [6.07, 6.45) is 5.53. The smallest absolute Gasteiger partial charge is 0.274 e. The van der Waals surface area contributed by atoms with Gasteiger partial charge in [-0.1, -0.05) is 24.4 Å². The van der Waals surface area contributed by atoms with Gasteiger partial charge in [-0.25, -0.2) is 0 Å². The second-order valence-electron chi connectivity index (χ2n) is 4.80. The first-order chi connectivity index (χ1) is 8.70. The van der Waals surface area contributed by atoms with Crippen molar-refractivity contribution in [1.29, 1.82) is 5.26 Å². The number of amides is 1. The lowest BCUT2D eigenvalue weighted by atomic mass is 9.84. The molecule has 1 saturated carbocycles. The van der Waals surface area contributed by atoms with E-state index in [9.17, 15) is 10.1 Å². The first kappa shape index (κ1) is 12.6. The topological polar surface area (TPSA) is 78.9 Å². The van der Waals surface area contributed by atoms with Gasteiger partial charge in [0.1, 0.15) is 11.8 Å². The van der Waals surface area contributed by atoms with Gasteiger partial charge in [0, 0.05) is 6.07 Å². The summed E-state index contributed by atoms with van der Waals surface area (Å²) < 4.78 is 4.85. The van der Waals surface area contributed by atoms with Gasteiger partial charge < -0.3 is 9.84 Å². The lowest BCUT2D eigenvalue weighted by Gasteiger charge is -2.25. The first-order valence-corrected chi connectivity index (χ1v) is 6.34. The van der Waals surface area contributed by atoms with E-state index in [1.54, 1.807) is 13.0 Å². The molecule has 1 unspecified atom stereocenters. The summed E-state index contributed by atoms with van der Waals surface area (Å²) in [5, 5.41) is 15.6. The van der Waals surface area contributed by atoms with Crippen molar-refractivity contribution in [3.8, 4) is 6.07 Å². The van der Waals surface area contributed by atoms with Gasteiger partial charge in [-0.2, -0.15) is 5.26 Å². The van der Waals surface area contributed by atoms with E-state index in [1.165, 1.54) is 6.42 Å². The molecule has 1 aliphatic rings. The van der Waals surface area contributed by atoms with Crippen LogP contribution in [0.25, 0.3) is 0 Å². The zero-order valence-electron chi connectivity index (χ0n) is 10.5. The Morgan fingerprint density at radius 3 is 2.83 bits per heavy atom. The van der Waals surface area contributed by atoms with E-state index >= 15 is 0 Å². The number of carbonyl (C=O) groups is 1. The van der Waals surface area contributed by atoms with Gasteiger partial charge in [0.2, 0.25) is 0 Å². The molecule has 1 N–H and O–H groups in total. The van der Waals surface area contributed by atoms with Crippen molar-refractivity contribution in [1.82, 2.24) is 10.5 Å². The predicted molar refractivity (Wildman–Crippen MR) is 64.7 cm³/mol. The Morgan fingerprint density at radius 1 is 1.56 bits per heavy atom. The quantitative estimate of drug-likeness (QED) is 0.887. The largest absolute Gasteiger partial charge is 0.361 e. The van der Waals surface area contributed by atoms with Gasteiger partial charge in [-0.05, 0) is 25.7 Å². The molecular weight excluding hydrogens is 230 g/mol. The highest BCUT2D eigenvalue weighted by molar-refractivity contribution is 5.92. The van der Waals surface area contributed by atoms with Crippen LogP contribution >= 0.6 is 0 Å². The van der Waals surface area contributed by atoms with E-state index in [1.807, 2.05) is 0 Å². The SMILES string of the molecule is Cc1cc(C(=O)NC(C#N)C2CCCCC2)no1. The van der Waals surface area contributed by atoms with E-state index < -0.39 is 6.04 Å². The van der Waals surface area contributed by atoms with Crippen molar-refractivity contribution >= 4 is 5.91 Å². The minimum Gasteiger partial charge on any atom is -0.361 e. The summed E-state index contributed by atoms with van der Waals surface area (Å²) in [6.45, 7) is 1.73. The number of nitrogens with zero attached hydrogens (tertiary/aromatic N) is 2. The molecule has 1 fully saturated rings. The molecule has 1 aromatic heterocycles. The Morgan fingerprint density at radius 2 is 2.28 bits per heavy atom. The van der Waals surface area contributed by atoms with Crippen LogP contribution in [0.2, 0.25) is 0 Å². The van der Waals surface area contributed by atoms with Gasteiger partial charge in [0.25, 0.3) is 5.91 Å². The number of aryl methyl sites for hydroxylation is 1. The third-order valence-electron chi connectivity index (χ3n) is 3.41. The first-order valence-electron chi connectivity index (χ1n) is 6.34. The summed E-state index contributed by atoms with van der Waals surface area (Å²) >= 11 is 0. The Labute approximate surface area is 106 Å². The number of hydrogen-bond acceptors (Lipinski definition) is 4. The van der Waals surface area contributed by atoms with Crippen LogP contribution in [-0.4, -0.2) is 17.1 Å². The maximum atomic E-state index is 11.9. The van der Waals surface area contributed by atoms with E-state index in [-0.39, 0.29) is 17.5 Å². The molecule has 0 saturated heterocycles. The second-order valence-corrected chi connectivity index (χ2v) is 4.80. The van der Waals surface area contributed by atoms with Gasteiger partial charge in [-0.3, -0.25) is 4.79 Å². The zero-order chi connectivity index (χ0) is 13.0. The zero-order valence-corrected chi connectivity index (χ0v) is 10.5. The summed E-state index contributed by atoms with van der Waals surface area (Å²) in [5.74, 6) is 0.524. The van der Waals surface area contributed by atoms with Crippen molar-refractivity contribution in [3.63, 3.8) is 0 Å². The van der Waals surface area contributed by atoms with Crippen LogP contribution in [0.5, 0.6) is 0 Å². The Bertz CT molecular complexity index is 455. The average Bonchev–Trinajstić information content (AvgIpc) is 2.83. The third kappa shape index (κ3) is 2.89. The van der Waals surface area contributed by atoms with Gasteiger partial charge >= 0.3 is 0 Å². The standard InChI is InChI=1S/C13H17N3O2/c1-9-7-11(16-18-9)13(17)15-12(8-14)10-5-3-2-4-6-10/h7,10,12H,2-6H2,1H3,(H,15,17). The average molecular weight is 247 g/mol. The highest BCUT2D eigenvalue weighted by Gasteiger charge is 2.26. The van der Waals surface area contributed by atoms with Crippen molar-refractivity contribution in [3.05, 3.63) is 17.5 Å². The lowest BCUT2D eigenvalue weighted by Crippen LogP contribution is -2.40. The van der Waals surface area contributed by atoms with Crippen molar-refractivity contribution < 1.29 is 9.32 Å². The molecule has 1 atom stereocenters. The molecule has 0 radical (unpaired) electrons. The highest BCUT2D eigenvalue weighted by atomic mass is 16.5. The molecular formula is C13H17N3O2. The molecule has 0 aromatic carbocycles. The normalized spacial score (nSPS) is 18.0. The maximum Gasteiger partial charge on any atom is 0.274 e. The molecule has 1 amide bonds. The van der Waals surface area contributed by atoms with Crippen LogP contribution in [0.4, 0.5) is 0 Å². The molecule has 5 nitrogen and oxygen atoms in total. The lowest BCUT2D eigenvalue weighted by molar-refractivity contribution is 0.0919. The molecule has 1 aliphatic carbocycles. The number of nitrogens with one attached hydrogen (secondary N) is 1. The Balaban J connectivity index is 1.98. The van der Waals surface area contributed by atoms with Crippen LogP contribution in [0.15, 0.2) is 10.6 Å². The van der Waals surface area contributed by atoms with E-state index in [0.717, 1.165) is 25.7 Å². The summed E-state index contributed by atoms with van der Waals surface area (Å²) in [5.41, 5.74) is 0.239. The minimum atomic E-state index is -0.421. The van der Waals surface area contributed by atoms with Crippen LogP contribution in [0, 0.1) is 24.2 Å². The second kappa shape index (κ2) is 5.67. The van der Waals surface area contributed by atoms with E-state index in [2.05, 4.69) is 16.5 Å². The van der Waals surface area contributed by atoms with Crippen molar-refractivity contribution in [2.24, 2.45) is 5.92 Å². The number of rotatable bonds is 3. The molecule has 0 spiro atoms. The van der Waals surface area contributed by atoms with E-state index in [4.69, 9.17) is 4.52 Å². The number of hydrogen-bond donors (Lipinski definition) is 1. The molecule has 0 aliphatic heterocycles. The molecule has 2 rings (SSSR count). The fourth-order valence-corrected chi connectivity index (χ4v) is 2.41. The predicted octanol–water partition coefficient (Wildman–Crippen LogP) is 2.19. The van der Waals surface area contributed by atoms with Gasteiger partial charge in [0.05, 0.1) is 6.07 Å². The van der Waals surface area contributed by atoms with Crippen molar-refractivity contribution in [2.75, 3.05) is 0 Å². The highest BCUT2D eigenvalue weighted by Crippen LogP contribution is 2.26. The molecule has 5 heteroatoms. The summed E-state index contributed by atoms with van der Waals surface area (Å²) in [7, 11) is 0. The molecule has 1 heterocycles. The van der Waals surface area contributed by atoms with E-state index in [0.29, 0.717) is 5.76 Å². The Hall–Kier alpha value is -1.83. The minimum absolute atomic E-state index is 0.239. The fourth-order valence-electron chi connectivity index (χ4n) is 2.41. The van der Waals surface area contributed by atoms with Crippen LogP contribution in [0.1, 0.15) is 48.4 Å². The van der Waals surface area contributed by atoms with Crippen LogP contribution in [0.3, 0.4) is 0 Å². The van der Waals surface area contributed by atoms with Gasteiger partial charge in [0.15, 0.2) is 5.69 Å². The number of aromatic nitrogens is 1. The number of nitriles is 1. The van der Waals surface area contributed by atoms with Crippen molar-refractivity contribution in [2.45, 2.75) is 45.1 Å². The summed E-state index contributed by atoms with van der Waals surface area (Å²) in [6, 6.07) is 3.34. The monoisotopic (exact) mass is 247 g/mol. The molecule has 1 aromatic rings. The Kier molecular flexibility index (Phi) is 3.98. The fraction of sp³-hybridized carbons (Fsp3) is 0.615. The van der Waals surface area contributed by atoms with Crippen LogP contribution < -0.4 is 5.32 Å². The van der Waals surface area contributed by atoms with Crippen LogP contribution in [-0.2, 0) is 0 Å². The molecule has 96 valence electrons. The molecule has 0 bridgehead atoms.